The van der Waals surface area contributed by atoms with Crippen LogP contribution in [0.5, 0.6) is 0 Å². The summed E-state index contributed by atoms with van der Waals surface area (Å²) >= 11 is 0. The molecule has 0 aliphatic heterocycles. The predicted octanol–water partition coefficient (Wildman–Crippen LogP) is 11.5. The number of amides is 1. The Balaban J connectivity index is 4.29. The van der Waals surface area contributed by atoms with Gasteiger partial charge in [-0.2, -0.15) is 0 Å². The van der Waals surface area contributed by atoms with Crippen molar-refractivity contribution in [3.05, 3.63) is 48.6 Å². The molecule has 0 heterocycles. The van der Waals surface area contributed by atoms with Crippen LogP contribution in [0.1, 0.15) is 194 Å². The summed E-state index contributed by atoms with van der Waals surface area (Å²) in [4.78, 5) is 22.8. The van der Waals surface area contributed by atoms with E-state index >= 15 is 0 Å². The maximum absolute atomic E-state index is 12.8. The van der Waals surface area contributed by atoms with Gasteiger partial charge < -0.3 is 26.2 Å². The number of nitrogens with one attached hydrogen (secondary N) is 1. The lowest BCUT2D eigenvalue weighted by Crippen LogP contribution is -2.46. The molecule has 0 saturated heterocycles. The third kappa shape index (κ3) is 39.0. The smallest absolute Gasteiger partial charge is 0.393 e. The zero-order valence-corrected chi connectivity index (χ0v) is 36.2. The van der Waals surface area contributed by atoms with Gasteiger partial charge in [0.1, 0.15) is 0 Å². The minimum atomic E-state index is -4.41. The first-order chi connectivity index (χ1) is 26.8. The number of allylic oxidation sites excluding steroid dienone is 7. The SMILES string of the molecule is CC/C=C\C/C=C\CCCCCCCCCCCCCCC(O)CC(=O)NC(COP(=O)(O)OCCN)C(O)/C=C/CC/C=C/CCCCCCCCCC. The number of rotatable bonds is 41. The summed E-state index contributed by atoms with van der Waals surface area (Å²) in [7, 11) is -4.41. The Bertz CT molecular complexity index is 1020. The average molecular weight is 797 g/mol. The van der Waals surface area contributed by atoms with Crippen molar-refractivity contribution < 1.29 is 33.5 Å². The largest absolute Gasteiger partial charge is 0.472 e. The van der Waals surface area contributed by atoms with E-state index in [4.69, 9.17) is 14.8 Å². The first kappa shape index (κ1) is 53.4. The van der Waals surface area contributed by atoms with Crippen LogP contribution in [0.25, 0.3) is 0 Å². The van der Waals surface area contributed by atoms with Gasteiger partial charge in [-0.15, -0.1) is 0 Å². The normalized spacial score (nSPS) is 15.1. The van der Waals surface area contributed by atoms with Gasteiger partial charge in [0, 0.05) is 6.54 Å². The highest BCUT2D eigenvalue weighted by atomic mass is 31.2. The second-order valence-corrected chi connectivity index (χ2v) is 16.5. The molecule has 0 aromatic rings. The zero-order valence-electron chi connectivity index (χ0n) is 35.3. The van der Waals surface area contributed by atoms with Crippen LogP contribution >= 0.6 is 7.82 Å². The molecule has 0 spiro atoms. The number of carbonyl (C=O) groups is 1. The molecule has 4 atom stereocenters. The third-order valence-corrected chi connectivity index (χ3v) is 10.7. The topological polar surface area (TPSA) is 151 Å². The number of aliphatic hydroxyl groups excluding tert-OH is 2. The molecule has 322 valence electrons. The molecule has 55 heavy (non-hydrogen) atoms. The van der Waals surface area contributed by atoms with Crippen molar-refractivity contribution in [3.8, 4) is 0 Å². The fraction of sp³-hybridized carbons (Fsp3) is 0.800. The maximum Gasteiger partial charge on any atom is 0.472 e. The lowest BCUT2D eigenvalue weighted by atomic mass is 10.0. The molecule has 9 nitrogen and oxygen atoms in total. The van der Waals surface area contributed by atoms with E-state index in [1.165, 1.54) is 116 Å². The Kier molecular flexibility index (Phi) is 39.4. The quantitative estimate of drug-likeness (QED) is 0.0233. The van der Waals surface area contributed by atoms with Crippen LogP contribution in [0.3, 0.4) is 0 Å². The van der Waals surface area contributed by atoms with Gasteiger partial charge in [-0.25, -0.2) is 4.57 Å². The minimum absolute atomic E-state index is 0.0435. The molecule has 0 fully saturated rings. The third-order valence-electron chi connectivity index (χ3n) is 9.69. The monoisotopic (exact) mass is 797 g/mol. The second-order valence-electron chi connectivity index (χ2n) is 15.1. The lowest BCUT2D eigenvalue weighted by Gasteiger charge is -2.24. The van der Waals surface area contributed by atoms with Crippen molar-refractivity contribution in [1.82, 2.24) is 5.32 Å². The van der Waals surface area contributed by atoms with Crippen LogP contribution in [0.2, 0.25) is 0 Å². The van der Waals surface area contributed by atoms with Crippen LogP contribution < -0.4 is 11.1 Å². The first-order valence-corrected chi connectivity index (χ1v) is 23.8. The Morgan fingerprint density at radius 2 is 1.15 bits per heavy atom. The molecule has 4 unspecified atom stereocenters. The summed E-state index contributed by atoms with van der Waals surface area (Å²) in [5, 5.41) is 24.0. The van der Waals surface area contributed by atoms with Gasteiger partial charge in [-0.05, 0) is 57.8 Å². The molecule has 0 aliphatic rings. The number of aliphatic hydroxyl groups is 2. The molecule has 6 N–H and O–H groups in total. The Morgan fingerprint density at radius 3 is 1.71 bits per heavy atom. The summed E-state index contributed by atoms with van der Waals surface area (Å²) in [5.74, 6) is -0.458. The predicted molar refractivity (Wildman–Crippen MR) is 232 cm³/mol. The molecular weight excluding hydrogens is 711 g/mol. The Hall–Kier alpha value is -1.58. The minimum Gasteiger partial charge on any atom is -0.393 e. The van der Waals surface area contributed by atoms with E-state index in [0.29, 0.717) is 12.8 Å². The molecule has 0 bridgehead atoms. The van der Waals surface area contributed by atoms with E-state index < -0.39 is 38.6 Å². The number of hydrogen-bond donors (Lipinski definition) is 5. The van der Waals surface area contributed by atoms with E-state index in [-0.39, 0.29) is 19.6 Å². The summed E-state index contributed by atoms with van der Waals surface area (Å²) in [5.41, 5.74) is 5.36. The van der Waals surface area contributed by atoms with Gasteiger partial charge in [-0.3, -0.25) is 13.8 Å². The van der Waals surface area contributed by atoms with Crippen LogP contribution in [0, 0.1) is 0 Å². The number of unbranched alkanes of at least 4 members (excludes halogenated alkanes) is 21. The van der Waals surface area contributed by atoms with Crippen molar-refractivity contribution in [1.29, 1.82) is 0 Å². The summed E-state index contributed by atoms with van der Waals surface area (Å²) < 4.78 is 22.1. The maximum atomic E-state index is 12.8. The van der Waals surface area contributed by atoms with E-state index in [2.05, 4.69) is 55.6 Å². The highest BCUT2D eigenvalue weighted by Gasteiger charge is 2.27. The fourth-order valence-electron chi connectivity index (χ4n) is 6.35. The average Bonchev–Trinajstić information content (AvgIpc) is 3.16. The van der Waals surface area contributed by atoms with Gasteiger partial charge in [-0.1, -0.05) is 178 Å². The highest BCUT2D eigenvalue weighted by Crippen LogP contribution is 2.43. The van der Waals surface area contributed by atoms with Gasteiger partial charge >= 0.3 is 7.82 Å². The molecule has 0 aromatic heterocycles. The van der Waals surface area contributed by atoms with Crippen molar-refractivity contribution in [2.24, 2.45) is 5.73 Å². The molecular formula is C45H85N2O7P. The summed E-state index contributed by atoms with van der Waals surface area (Å²) in [6.07, 6.45) is 46.3. The Morgan fingerprint density at radius 1 is 0.655 bits per heavy atom. The molecule has 0 aromatic carbocycles. The molecule has 0 rings (SSSR count). The summed E-state index contributed by atoms with van der Waals surface area (Å²) in [6.45, 7) is 3.84. The number of hydrogen-bond acceptors (Lipinski definition) is 7. The van der Waals surface area contributed by atoms with Crippen molar-refractivity contribution in [3.63, 3.8) is 0 Å². The van der Waals surface area contributed by atoms with E-state index in [9.17, 15) is 24.5 Å². The van der Waals surface area contributed by atoms with E-state index in [1.54, 1.807) is 6.08 Å². The van der Waals surface area contributed by atoms with Crippen molar-refractivity contribution >= 4 is 13.7 Å². The van der Waals surface area contributed by atoms with Crippen LogP contribution in [0.15, 0.2) is 48.6 Å². The van der Waals surface area contributed by atoms with Gasteiger partial charge in [0.05, 0.1) is 37.9 Å². The van der Waals surface area contributed by atoms with Crippen LogP contribution in [0.4, 0.5) is 0 Å². The van der Waals surface area contributed by atoms with E-state index in [0.717, 1.165) is 44.9 Å². The number of carbonyl (C=O) groups excluding carboxylic acids is 1. The standard InChI is InChI=1S/C45H85N2O7P/c1-3-5-7-9-11-13-15-17-19-20-21-22-23-24-26-28-30-32-34-36-42(48)40-45(50)47-43(41-54-55(51,52)53-39-38-46)44(49)37-35-33-31-29-27-25-18-16-14-12-10-8-6-4-2/h5,7,11,13,27,29,35,37,42-44,48-49H,3-4,6,8-10,12,14-26,28,30-34,36,38-41,46H2,1-2H3,(H,47,50)(H,51,52)/b7-5-,13-11-,29-27+,37-35+. The number of phosphoric ester groups is 1. The van der Waals surface area contributed by atoms with Crippen LogP contribution in [-0.4, -0.2) is 59.0 Å². The van der Waals surface area contributed by atoms with Crippen molar-refractivity contribution in [2.75, 3.05) is 19.8 Å². The van der Waals surface area contributed by atoms with Gasteiger partial charge in [0.15, 0.2) is 0 Å². The molecule has 0 aliphatic carbocycles. The highest BCUT2D eigenvalue weighted by molar-refractivity contribution is 7.47. The van der Waals surface area contributed by atoms with Crippen LogP contribution in [-0.2, 0) is 18.4 Å². The Labute approximate surface area is 337 Å². The number of nitrogens with two attached hydrogens (primary N) is 1. The zero-order chi connectivity index (χ0) is 40.5. The molecule has 10 heteroatoms. The van der Waals surface area contributed by atoms with Gasteiger partial charge in [0.25, 0.3) is 0 Å². The molecule has 1 amide bonds. The first-order valence-electron chi connectivity index (χ1n) is 22.3. The number of phosphoric acid groups is 1. The van der Waals surface area contributed by atoms with E-state index in [1.807, 2.05) is 6.08 Å². The summed E-state index contributed by atoms with van der Waals surface area (Å²) in [6, 6.07) is -0.999. The second kappa shape index (κ2) is 40.6. The lowest BCUT2D eigenvalue weighted by molar-refractivity contribution is -0.124. The van der Waals surface area contributed by atoms with Gasteiger partial charge in [0.2, 0.25) is 5.91 Å². The fourth-order valence-corrected chi connectivity index (χ4v) is 7.11. The van der Waals surface area contributed by atoms with Crippen molar-refractivity contribution in [2.45, 2.75) is 212 Å². The molecule has 0 saturated carbocycles. The molecule has 0 radical (unpaired) electrons.